The summed E-state index contributed by atoms with van der Waals surface area (Å²) in [5.41, 5.74) is -0.766. The number of imide groups is 1. The molecular formula is C13H24N4O2. The van der Waals surface area contributed by atoms with E-state index in [9.17, 15) is 9.59 Å². The molecule has 0 aromatic heterocycles. The zero-order chi connectivity index (χ0) is 14.2. The highest BCUT2D eigenvalue weighted by atomic mass is 16.2. The fraction of sp³-hybridized carbons (Fsp3) is 0.846. The highest BCUT2D eigenvalue weighted by molar-refractivity contribution is 6.06. The summed E-state index contributed by atoms with van der Waals surface area (Å²) in [5, 5.41) is 6.08. The summed E-state index contributed by atoms with van der Waals surface area (Å²) in [7, 11) is 0. The standard InChI is InChI=1S/C13H24N4O2/c1-9-7-14-8-10(2)16(9)5-6-17-11(18)13(3,4)15-12(17)19/h9-10,14H,5-8H2,1-4H3,(H,15,19). The molecule has 19 heavy (non-hydrogen) atoms. The van der Waals surface area contributed by atoms with Gasteiger partial charge < -0.3 is 10.6 Å². The van der Waals surface area contributed by atoms with Crippen LogP contribution >= 0.6 is 0 Å². The lowest BCUT2D eigenvalue weighted by Crippen LogP contribution is -2.56. The van der Waals surface area contributed by atoms with Gasteiger partial charge in [-0.05, 0) is 27.7 Å². The molecule has 2 heterocycles. The molecule has 0 aromatic rings. The van der Waals surface area contributed by atoms with Crippen LogP contribution in [0.5, 0.6) is 0 Å². The van der Waals surface area contributed by atoms with E-state index < -0.39 is 5.54 Å². The number of piperazine rings is 1. The molecule has 0 aliphatic carbocycles. The molecule has 2 N–H and O–H groups in total. The first-order valence-corrected chi connectivity index (χ1v) is 6.93. The average Bonchev–Trinajstić information content (AvgIpc) is 2.49. The quantitative estimate of drug-likeness (QED) is 0.707. The second kappa shape index (κ2) is 5.09. The van der Waals surface area contributed by atoms with Gasteiger partial charge in [0.2, 0.25) is 0 Å². The Balaban J connectivity index is 1.95. The third-order valence-corrected chi connectivity index (χ3v) is 4.04. The smallest absolute Gasteiger partial charge is 0.324 e. The summed E-state index contributed by atoms with van der Waals surface area (Å²) >= 11 is 0. The van der Waals surface area contributed by atoms with E-state index >= 15 is 0 Å². The Morgan fingerprint density at radius 1 is 1.16 bits per heavy atom. The summed E-state index contributed by atoms with van der Waals surface area (Å²) in [6.45, 7) is 10.9. The largest absolute Gasteiger partial charge is 0.325 e. The predicted octanol–water partition coefficient (Wildman–Crippen LogP) is -0.001000. The second-order valence-electron chi connectivity index (χ2n) is 6.11. The lowest BCUT2D eigenvalue weighted by molar-refractivity contribution is -0.130. The molecule has 2 fully saturated rings. The molecule has 6 heteroatoms. The fourth-order valence-corrected chi connectivity index (χ4v) is 2.85. The van der Waals surface area contributed by atoms with Gasteiger partial charge in [-0.1, -0.05) is 0 Å². The Kier molecular flexibility index (Phi) is 3.82. The summed E-state index contributed by atoms with van der Waals surface area (Å²) in [4.78, 5) is 27.6. The van der Waals surface area contributed by atoms with Crippen molar-refractivity contribution in [1.82, 2.24) is 20.4 Å². The Hall–Kier alpha value is -1.14. The first kappa shape index (κ1) is 14.3. The molecule has 0 bridgehead atoms. The van der Waals surface area contributed by atoms with Crippen LogP contribution in [0, 0.1) is 0 Å². The van der Waals surface area contributed by atoms with E-state index in [0.29, 0.717) is 18.6 Å². The Labute approximate surface area is 114 Å². The van der Waals surface area contributed by atoms with Crippen molar-refractivity contribution >= 4 is 11.9 Å². The molecule has 0 saturated carbocycles. The van der Waals surface area contributed by atoms with Gasteiger partial charge in [-0.3, -0.25) is 14.6 Å². The van der Waals surface area contributed by atoms with Gasteiger partial charge in [-0.15, -0.1) is 0 Å². The van der Waals surface area contributed by atoms with Crippen molar-refractivity contribution in [3.63, 3.8) is 0 Å². The van der Waals surface area contributed by atoms with Crippen LogP contribution in [0.1, 0.15) is 27.7 Å². The molecule has 3 amide bonds. The van der Waals surface area contributed by atoms with E-state index in [2.05, 4.69) is 29.4 Å². The number of urea groups is 1. The molecule has 0 aromatic carbocycles. The van der Waals surface area contributed by atoms with E-state index in [-0.39, 0.29) is 11.9 Å². The van der Waals surface area contributed by atoms with Crippen molar-refractivity contribution < 1.29 is 9.59 Å². The van der Waals surface area contributed by atoms with Crippen molar-refractivity contribution in [3.8, 4) is 0 Å². The zero-order valence-corrected chi connectivity index (χ0v) is 12.2. The van der Waals surface area contributed by atoms with Crippen LogP contribution in [0.3, 0.4) is 0 Å². The Bertz CT molecular complexity index is 373. The fourth-order valence-electron chi connectivity index (χ4n) is 2.85. The van der Waals surface area contributed by atoms with E-state index in [4.69, 9.17) is 0 Å². The van der Waals surface area contributed by atoms with Crippen LogP contribution in [0.2, 0.25) is 0 Å². The van der Waals surface area contributed by atoms with E-state index in [1.54, 1.807) is 13.8 Å². The van der Waals surface area contributed by atoms with Crippen LogP contribution < -0.4 is 10.6 Å². The molecule has 2 aliphatic rings. The van der Waals surface area contributed by atoms with Crippen molar-refractivity contribution in [2.24, 2.45) is 0 Å². The van der Waals surface area contributed by atoms with E-state index in [1.165, 1.54) is 4.90 Å². The maximum Gasteiger partial charge on any atom is 0.325 e. The second-order valence-corrected chi connectivity index (χ2v) is 6.11. The van der Waals surface area contributed by atoms with Gasteiger partial charge in [0, 0.05) is 38.3 Å². The van der Waals surface area contributed by atoms with Crippen LogP contribution in [0.4, 0.5) is 4.79 Å². The number of nitrogens with zero attached hydrogens (tertiary/aromatic N) is 2. The first-order valence-electron chi connectivity index (χ1n) is 6.93. The van der Waals surface area contributed by atoms with Crippen molar-refractivity contribution in [2.75, 3.05) is 26.2 Å². The lowest BCUT2D eigenvalue weighted by atomic mass is 10.1. The van der Waals surface area contributed by atoms with Crippen molar-refractivity contribution in [3.05, 3.63) is 0 Å². The predicted molar refractivity (Wildman–Crippen MR) is 72.8 cm³/mol. The minimum absolute atomic E-state index is 0.132. The van der Waals surface area contributed by atoms with Gasteiger partial charge in [0.25, 0.3) is 5.91 Å². The number of carbonyl (C=O) groups is 2. The summed E-state index contributed by atoms with van der Waals surface area (Å²) in [5.74, 6) is -0.132. The number of hydrogen-bond donors (Lipinski definition) is 2. The Morgan fingerprint density at radius 2 is 1.74 bits per heavy atom. The van der Waals surface area contributed by atoms with Gasteiger partial charge in [-0.25, -0.2) is 4.79 Å². The molecule has 2 aliphatic heterocycles. The van der Waals surface area contributed by atoms with Gasteiger partial charge in [0.05, 0.1) is 0 Å². The summed E-state index contributed by atoms with van der Waals surface area (Å²) in [6, 6.07) is 0.584. The molecule has 2 saturated heterocycles. The van der Waals surface area contributed by atoms with Crippen LogP contribution in [-0.2, 0) is 4.79 Å². The van der Waals surface area contributed by atoms with Crippen LogP contribution in [-0.4, -0.2) is 65.5 Å². The molecule has 0 spiro atoms. The van der Waals surface area contributed by atoms with Gasteiger partial charge in [0.1, 0.15) is 5.54 Å². The Morgan fingerprint density at radius 3 is 2.21 bits per heavy atom. The average molecular weight is 268 g/mol. The third-order valence-electron chi connectivity index (χ3n) is 4.04. The highest BCUT2D eigenvalue weighted by Gasteiger charge is 2.44. The maximum absolute atomic E-state index is 12.1. The van der Waals surface area contributed by atoms with Gasteiger partial charge in [-0.2, -0.15) is 0 Å². The SMILES string of the molecule is CC1CNCC(C)N1CCN1C(=O)NC(C)(C)C1=O. The van der Waals surface area contributed by atoms with Gasteiger partial charge >= 0.3 is 6.03 Å². The molecule has 2 atom stereocenters. The number of rotatable bonds is 3. The number of amides is 3. The zero-order valence-electron chi connectivity index (χ0n) is 12.2. The number of carbonyl (C=O) groups excluding carboxylic acids is 2. The minimum Gasteiger partial charge on any atom is -0.324 e. The lowest BCUT2D eigenvalue weighted by Gasteiger charge is -2.39. The maximum atomic E-state index is 12.1. The number of nitrogens with one attached hydrogen (secondary N) is 2. The number of hydrogen-bond acceptors (Lipinski definition) is 4. The van der Waals surface area contributed by atoms with Crippen LogP contribution in [0.15, 0.2) is 0 Å². The molecular weight excluding hydrogens is 244 g/mol. The van der Waals surface area contributed by atoms with Crippen molar-refractivity contribution in [2.45, 2.75) is 45.3 Å². The molecule has 2 unspecified atom stereocenters. The summed E-state index contributed by atoms with van der Waals surface area (Å²) < 4.78 is 0. The van der Waals surface area contributed by atoms with Crippen LogP contribution in [0.25, 0.3) is 0 Å². The molecule has 2 rings (SSSR count). The minimum atomic E-state index is -0.766. The molecule has 6 nitrogen and oxygen atoms in total. The third kappa shape index (κ3) is 2.74. The van der Waals surface area contributed by atoms with E-state index in [1.807, 2.05) is 0 Å². The normalized spacial score (nSPS) is 31.7. The van der Waals surface area contributed by atoms with Gasteiger partial charge in [0.15, 0.2) is 0 Å². The topological polar surface area (TPSA) is 64.7 Å². The summed E-state index contributed by atoms with van der Waals surface area (Å²) in [6.07, 6.45) is 0. The highest BCUT2D eigenvalue weighted by Crippen LogP contribution is 2.17. The van der Waals surface area contributed by atoms with E-state index in [0.717, 1.165) is 19.6 Å². The van der Waals surface area contributed by atoms with Crippen molar-refractivity contribution in [1.29, 1.82) is 0 Å². The first-order chi connectivity index (χ1) is 8.83. The molecule has 0 radical (unpaired) electrons. The monoisotopic (exact) mass is 268 g/mol. The molecule has 108 valence electrons.